The van der Waals surface area contributed by atoms with Crippen LogP contribution in [0.2, 0.25) is 0 Å². The highest BCUT2D eigenvalue weighted by Crippen LogP contribution is 2.32. The first-order chi connectivity index (χ1) is 15.9. The number of carbonyl (C=O) groups excluding carboxylic acids is 1. The number of anilines is 3. The van der Waals surface area contributed by atoms with Crippen LogP contribution in [0.25, 0.3) is 0 Å². The van der Waals surface area contributed by atoms with Gasteiger partial charge in [0, 0.05) is 30.0 Å². The van der Waals surface area contributed by atoms with Gasteiger partial charge in [0.25, 0.3) is 15.9 Å². The Balaban J connectivity index is 1.66. The van der Waals surface area contributed by atoms with Crippen molar-refractivity contribution in [3.63, 3.8) is 0 Å². The minimum atomic E-state index is -3.97. The molecule has 1 heterocycles. The second-order valence-corrected chi connectivity index (χ2v) is 9.33. The first kappa shape index (κ1) is 22.6. The number of nitrogens with zero attached hydrogens (tertiary/aromatic N) is 1. The highest BCUT2D eigenvalue weighted by molar-refractivity contribution is 7.92. The molecule has 1 amide bonds. The fourth-order valence-electron chi connectivity index (χ4n) is 3.73. The van der Waals surface area contributed by atoms with Crippen molar-refractivity contribution in [2.75, 3.05) is 35.1 Å². The van der Waals surface area contributed by atoms with Crippen molar-refractivity contribution in [2.45, 2.75) is 17.7 Å². The summed E-state index contributed by atoms with van der Waals surface area (Å²) in [4.78, 5) is 14.6. The van der Waals surface area contributed by atoms with Crippen LogP contribution in [0.15, 0.2) is 71.6 Å². The molecule has 0 spiro atoms. The number of hydrogen-bond donors (Lipinski definition) is 2. The molecule has 172 valence electrons. The van der Waals surface area contributed by atoms with E-state index in [-0.39, 0.29) is 10.5 Å². The zero-order valence-electron chi connectivity index (χ0n) is 18.0. The van der Waals surface area contributed by atoms with E-state index in [4.69, 9.17) is 4.74 Å². The van der Waals surface area contributed by atoms with Gasteiger partial charge in [-0.15, -0.1) is 0 Å². The normalized spacial score (nSPS) is 13.6. The predicted octanol–water partition coefficient (Wildman–Crippen LogP) is 4.49. The number of nitrogens with one attached hydrogen (secondary N) is 2. The third-order valence-electron chi connectivity index (χ3n) is 5.38. The van der Waals surface area contributed by atoms with Gasteiger partial charge in [-0.05, 0) is 73.5 Å². The van der Waals surface area contributed by atoms with Gasteiger partial charge >= 0.3 is 0 Å². The minimum Gasteiger partial charge on any atom is -0.497 e. The summed E-state index contributed by atoms with van der Waals surface area (Å²) in [7, 11) is -2.44. The van der Waals surface area contributed by atoms with Crippen molar-refractivity contribution < 1.29 is 22.3 Å². The Hall–Kier alpha value is -3.59. The van der Waals surface area contributed by atoms with Crippen LogP contribution in [-0.4, -0.2) is 34.5 Å². The van der Waals surface area contributed by atoms with Crippen LogP contribution < -0.4 is 19.7 Å². The van der Waals surface area contributed by atoms with Gasteiger partial charge in [0.1, 0.15) is 16.5 Å². The van der Waals surface area contributed by atoms with Crippen LogP contribution in [0.4, 0.5) is 21.5 Å². The molecule has 0 aromatic heterocycles. The van der Waals surface area contributed by atoms with E-state index in [0.717, 1.165) is 32.0 Å². The SMILES string of the molecule is COc1ccc(NS(=O)(=O)c2cc(NC(=O)c3cccc(F)c3)ccc2N2CCCC2)cc1. The second kappa shape index (κ2) is 9.50. The van der Waals surface area contributed by atoms with Crippen LogP contribution >= 0.6 is 0 Å². The molecule has 7 nitrogen and oxygen atoms in total. The van der Waals surface area contributed by atoms with Crippen LogP contribution in [0.3, 0.4) is 0 Å². The van der Waals surface area contributed by atoms with Gasteiger partial charge in [0.05, 0.1) is 12.8 Å². The summed E-state index contributed by atoms with van der Waals surface area (Å²) in [5.74, 6) is -0.452. The molecule has 0 bridgehead atoms. The van der Waals surface area contributed by atoms with Crippen molar-refractivity contribution in [3.05, 3.63) is 78.1 Å². The second-order valence-electron chi connectivity index (χ2n) is 7.68. The minimum absolute atomic E-state index is 0.0530. The maximum atomic E-state index is 13.5. The largest absolute Gasteiger partial charge is 0.497 e. The monoisotopic (exact) mass is 469 g/mol. The number of ether oxygens (including phenoxy) is 1. The van der Waals surface area contributed by atoms with E-state index in [0.29, 0.717) is 22.8 Å². The van der Waals surface area contributed by atoms with E-state index in [1.807, 2.05) is 4.90 Å². The number of amides is 1. The topological polar surface area (TPSA) is 87.7 Å². The maximum absolute atomic E-state index is 13.5. The van der Waals surface area contributed by atoms with Gasteiger partial charge in [-0.25, -0.2) is 12.8 Å². The molecular formula is C24H24FN3O4S. The Morgan fingerprint density at radius 3 is 2.33 bits per heavy atom. The van der Waals surface area contributed by atoms with Crippen LogP contribution in [-0.2, 0) is 10.0 Å². The lowest BCUT2D eigenvalue weighted by Crippen LogP contribution is -2.23. The summed E-state index contributed by atoms with van der Waals surface area (Å²) < 4.78 is 47.9. The lowest BCUT2D eigenvalue weighted by molar-refractivity contribution is 0.102. The summed E-state index contributed by atoms with van der Waals surface area (Å²) in [5, 5.41) is 2.66. The standard InChI is InChI=1S/C24H24FN3O4S/c1-32-21-10-7-19(8-11-21)27-33(30,31)23-16-20(9-12-22(23)28-13-2-3-14-28)26-24(29)17-5-4-6-18(25)15-17/h4-12,15-16,27H,2-3,13-14H2,1H3,(H,26,29). The molecule has 1 saturated heterocycles. The Kier molecular flexibility index (Phi) is 6.50. The molecule has 2 N–H and O–H groups in total. The third kappa shape index (κ3) is 5.25. The van der Waals surface area contributed by atoms with E-state index < -0.39 is 21.7 Å². The Morgan fingerprint density at radius 1 is 0.970 bits per heavy atom. The quantitative estimate of drug-likeness (QED) is 0.533. The summed E-state index contributed by atoms with van der Waals surface area (Å²) in [6.45, 7) is 1.50. The number of halogens is 1. The third-order valence-corrected chi connectivity index (χ3v) is 6.79. The molecule has 33 heavy (non-hydrogen) atoms. The average Bonchev–Trinajstić information content (AvgIpc) is 3.34. The Labute approximate surface area is 192 Å². The van der Waals surface area contributed by atoms with Gasteiger partial charge in [0.2, 0.25) is 0 Å². The lowest BCUT2D eigenvalue weighted by Gasteiger charge is -2.22. The smallest absolute Gasteiger partial charge is 0.264 e. The van der Waals surface area contributed by atoms with E-state index in [1.54, 1.807) is 36.4 Å². The van der Waals surface area contributed by atoms with Crippen molar-refractivity contribution >= 4 is 33.0 Å². The molecule has 9 heteroatoms. The summed E-state index contributed by atoms with van der Waals surface area (Å²) in [6.07, 6.45) is 1.95. The van der Waals surface area contributed by atoms with E-state index in [2.05, 4.69) is 10.0 Å². The van der Waals surface area contributed by atoms with E-state index >= 15 is 0 Å². The van der Waals surface area contributed by atoms with Gasteiger partial charge in [0.15, 0.2) is 0 Å². The lowest BCUT2D eigenvalue weighted by atomic mass is 10.2. The molecular weight excluding hydrogens is 445 g/mol. The van der Waals surface area contributed by atoms with Gasteiger partial charge < -0.3 is 15.0 Å². The summed E-state index contributed by atoms with van der Waals surface area (Å²) in [5.41, 5.74) is 1.39. The molecule has 3 aromatic carbocycles. The van der Waals surface area contributed by atoms with Gasteiger partial charge in [-0.1, -0.05) is 6.07 Å². The van der Waals surface area contributed by atoms with Crippen molar-refractivity contribution in [2.24, 2.45) is 0 Å². The molecule has 0 saturated carbocycles. The molecule has 0 radical (unpaired) electrons. The van der Waals surface area contributed by atoms with Gasteiger partial charge in [-0.2, -0.15) is 0 Å². The zero-order valence-corrected chi connectivity index (χ0v) is 18.9. The maximum Gasteiger partial charge on any atom is 0.264 e. The summed E-state index contributed by atoms with van der Waals surface area (Å²) in [6, 6.07) is 16.6. The van der Waals surface area contributed by atoms with Crippen LogP contribution in [0, 0.1) is 5.82 Å². The van der Waals surface area contributed by atoms with Crippen LogP contribution in [0.1, 0.15) is 23.2 Å². The van der Waals surface area contributed by atoms with Crippen LogP contribution in [0.5, 0.6) is 5.75 Å². The number of carbonyl (C=O) groups is 1. The van der Waals surface area contributed by atoms with Crippen molar-refractivity contribution in [1.82, 2.24) is 0 Å². The van der Waals surface area contributed by atoms with E-state index in [1.165, 1.54) is 31.4 Å². The Bertz CT molecular complexity index is 1260. The molecule has 4 rings (SSSR count). The number of hydrogen-bond acceptors (Lipinski definition) is 5. The van der Waals surface area contributed by atoms with Crippen molar-refractivity contribution in [3.8, 4) is 5.75 Å². The highest BCUT2D eigenvalue weighted by atomic mass is 32.2. The van der Waals surface area contributed by atoms with Crippen molar-refractivity contribution in [1.29, 1.82) is 0 Å². The highest BCUT2D eigenvalue weighted by Gasteiger charge is 2.25. The molecule has 1 aliphatic rings. The average molecular weight is 470 g/mol. The number of methoxy groups -OCH3 is 1. The Morgan fingerprint density at radius 2 is 1.67 bits per heavy atom. The molecule has 3 aromatic rings. The number of sulfonamides is 1. The number of rotatable bonds is 7. The molecule has 0 aliphatic carbocycles. The summed E-state index contributed by atoms with van der Waals surface area (Å²) >= 11 is 0. The predicted molar refractivity (Wildman–Crippen MR) is 126 cm³/mol. The van der Waals surface area contributed by atoms with E-state index in [9.17, 15) is 17.6 Å². The zero-order chi connectivity index (χ0) is 23.4. The first-order valence-electron chi connectivity index (χ1n) is 10.5. The van der Waals surface area contributed by atoms with Gasteiger partial charge in [-0.3, -0.25) is 9.52 Å². The first-order valence-corrected chi connectivity index (χ1v) is 12.0. The molecule has 0 unspecified atom stereocenters. The molecule has 0 atom stereocenters. The molecule has 1 fully saturated rings. The number of benzene rings is 3. The fourth-order valence-corrected chi connectivity index (χ4v) is 5.04. The fraction of sp³-hybridized carbons (Fsp3) is 0.208. The molecule has 1 aliphatic heterocycles.